The number of nitrogens with one attached hydrogen (secondary N) is 2. The predicted molar refractivity (Wildman–Crippen MR) is 103 cm³/mol. The Hall–Kier alpha value is -1.50. The van der Waals surface area contributed by atoms with E-state index < -0.39 is 0 Å². The molecule has 5 nitrogen and oxygen atoms in total. The molecule has 4 N–H and O–H groups in total. The Balaban J connectivity index is 1.72. The minimum absolute atomic E-state index is 0.0376. The zero-order valence-electron chi connectivity index (χ0n) is 15.0. The molecule has 1 aromatic rings. The zero-order valence-corrected chi connectivity index (χ0v) is 15.9. The summed E-state index contributed by atoms with van der Waals surface area (Å²) in [5, 5.41) is 5.23. The van der Waals surface area contributed by atoms with E-state index >= 15 is 0 Å². The number of hydrazine groups is 1. The lowest BCUT2D eigenvalue weighted by atomic mass is 10.2. The van der Waals surface area contributed by atoms with Gasteiger partial charge in [-0.1, -0.05) is 25.6 Å². The molecule has 2 aliphatic rings. The van der Waals surface area contributed by atoms with Crippen LogP contribution in [-0.4, -0.2) is 36.1 Å². The fourth-order valence-corrected chi connectivity index (χ4v) is 4.32. The van der Waals surface area contributed by atoms with E-state index in [2.05, 4.69) is 29.6 Å². The van der Waals surface area contributed by atoms with E-state index in [0.717, 1.165) is 37.8 Å². The maximum atomic E-state index is 12.1. The number of nitrogens with zero attached hydrogens (tertiary/aromatic N) is 1. The van der Waals surface area contributed by atoms with Gasteiger partial charge in [0.25, 0.3) is 5.91 Å². The van der Waals surface area contributed by atoms with Gasteiger partial charge in [-0.15, -0.1) is 0 Å². The van der Waals surface area contributed by atoms with E-state index in [1.807, 2.05) is 24.3 Å². The summed E-state index contributed by atoms with van der Waals surface area (Å²) < 4.78 is 0. The summed E-state index contributed by atoms with van der Waals surface area (Å²) in [5.41, 5.74) is 11.4. The number of hydrogen-bond acceptors (Lipinski definition) is 5. The number of nitrogens with two attached hydrogens (primary N) is 1. The summed E-state index contributed by atoms with van der Waals surface area (Å²) in [6.45, 7) is 5.84. The second kappa shape index (κ2) is 8.25. The number of carbonyl (C=O) groups is 1. The van der Waals surface area contributed by atoms with Gasteiger partial charge in [0.15, 0.2) is 0 Å². The van der Waals surface area contributed by atoms with Crippen molar-refractivity contribution in [2.45, 2.75) is 56.5 Å². The molecule has 1 aromatic carbocycles. The van der Waals surface area contributed by atoms with Crippen molar-refractivity contribution in [3.05, 3.63) is 40.4 Å². The highest BCUT2D eigenvalue weighted by molar-refractivity contribution is 8.03. The van der Waals surface area contributed by atoms with Gasteiger partial charge in [-0.3, -0.25) is 4.79 Å². The van der Waals surface area contributed by atoms with Gasteiger partial charge in [-0.2, -0.15) is 0 Å². The number of amides is 1. The minimum Gasteiger partial charge on any atom is -0.349 e. The molecular weight excluding hydrogens is 332 g/mol. The van der Waals surface area contributed by atoms with Gasteiger partial charge in [0.1, 0.15) is 0 Å². The quantitative estimate of drug-likeness (QED) is 0.665. The van der Waals surface area contributed by atoms with Gasteiger partial charge in [0, 0.05) is 40.2 Å². The van der Waals surface area contributed by atoms with Crippen LogP contribution in [0, 0.1) is 0 Å². The van der Waals surface area contributed by atoms with E-state index in [9.17, 15) is 4.79 Å². The average Bonchev–Trinajstić information content (AvgIpc) is 3.37. The Kier molecular flexibility index (Phi) is 6.04. The summed E-state index contributed by atoms with van der Waals surface area (Å²) in [6.07, 6.45) is 4.24. The molecule has 0 bridgehead atoms. The monoisotopic (exact) mass is 360 g/mol. The normalized spacial score (nSPS) is 20.3. The number of thioether (sulfide) groups is 1. The second-order valence-electron chi connectivity index (χ2n) is 6.57. The average molecular weight is 361 g/mol. The minimum atomic E-state index is 0.0376. The van der Waals surface area contributed by atoms with Crippen molar-refractivity contribution in [2.75, 3.05) is 13.1 Å². The summed E-state index contributed by atoms with van der Waals surface area (Å²) in [6, 6.07) is 8.67. The second-order valence-corrected chi connectivity index (χ2v) is 7.68. The third kappa shape index (κ3) is 4.37. The molecule has 1 unspecified atom stereocenters. The van der Waals surface area contributed by atoms with Crippen LogP contribution in [0.3, 0.4) is 0 Å². The first-order chi connectivity index (χ1) is 12.2. The van der Waals surface area contributed by atoms with Crippen LogP contribution in [0.4, 0.5) is 0 Å². The summed E-state index contributed by atoms with van der Waals surface area (Å²) in [7, 11) is 0. The Morgan fingerprint density at radius 2 is 2.04 bits per heavy atom. The van der Waals surface area contributed by atoms with Gasteiger partial charge >= 0.3 is 0 Å². The van der Waals surface area contributed by atoms with Crippen LogP contribution in [0.25, 0.3) is 0 Å². The van der Waals surface area contributed by atoms with Crippen molar-refractivity contribution in [2.24, 2.45) is 5.73 Å². The summed E-state index contributed by atoms with van der Waals surface area (Å²) in [5.74, 6) is 0.0376. The smallest absolute Gasteiger partial charge is 0.251 e. The highest BCUT2D eigenvalue weighted by Crippen LogP contribution is 2.38. The van der Waals surface area contributed by atoms with E-state index in [1.165, 1.54) is 15.5 Å². The SMILES string of the molecule is CCC1=C(Sc2ccc(C(=O)NC3CC3)cc2)C(CC)NN1CCN. The lowest BCUT2D eigenvalue weighted by Gasteiger charge is -2.22. The Labute approximate surface area is 154 Å². The number of carbonyl (C=O) groups excluding carboxylic acids is 1. The largest absolute Gasteiger partial charge is 0.349 e. The van der Waals surface area contributed by atoms with Gasteiger partial charge < -0.3 is 16.1 Å². The first-order valence-electron chi connectivity index (χ1n) is 9.21. The van der Waals surface area contributed by atoms with Crippen LogP contribution < -0.4 is 16.5 Å². The molecule has 0 spiro atoms. The highest BCUT2D eigenvalue weighted by atomic mass is 32.2. The molecule has 1 aliphatic heterocycles. The molecule has 6 heteroatoms. The van der Waals surface area contributed by atoms with Crippen molar-refractivity contribution in [3.63, 3.8) is 0 Å². The lowest BCUT2D eigenvalue weighted by molar-refractivity contribution is 0.0951. The molecule has 1 heterocycles. The Morgan fingerprint density at radius 3 is 2.60 bits per heavy atom. The van der Waals surface area contributed by atoms with Gasteiger partial charge in [0.05, 0.1) is 6.04 Å². The van der Waals surface area contributed by atoms with Crippen LogP contribution in [0.15, 0.2) is 39.8 Å². The van der Waals surface area contributed by atoms with Gasteiger partial charge in [0.2, 0.25) is 0 Å². The van der Waals surface area contributed by atoms with E-state index in [-0.39, 0.29) is 5.91 Å². The van der Waals surface area contributed by atoms with Crippen LogP contribution in [0.2, 0.25) is 0 Å². The molecule has 0 radical (unpaired) electrons. The van der Waals surface area contributed by atoms with Gasteiger partial charge in [-0.05, 0) is 49.9 Å². The zero-order chi connectivity index (χ0) is 17.8. The Morgan fingerprint density at radius 1 is 1.32 bits per heavy atom. The predicted octanol–water partition coefficient (Wildman–Crippen LogP) is 2.85. The first-order valence-corrected chi connectivity index (χ1v) is 10.0. The molecule has 0 aromatic heterocycles. The fraction of sp³-hybridized carbons (Fsp3) is 0.526. The summed E-state index contributed by atoms with van der Waals surface area (Å²) in [4.78, 5) is 14.6. The van der Waals surface area contributed by atoms with Crippen molar-refractivity contribution in [1.29, 1.82) is 0 Å². The van der Waals surface area contributed by atoms with Crippen molar-refractivity contribution in [1.82, 2.24) is 15.8 Å². The first kappa shape index (κ1) is 18.3. The van der Waals surface area contributed by atoms with Gasteiger partial charge in [-0.25, -0.2) is 5.43 Å². The molecule has 1 fully saturated rings. The van der Waals surface area contributed by atoms with Crippen molar-refractivity contribution in [3.8, 4) is 0 Å². The lowest BCUT2D eigenvalue weighted by Crippen LogP contribution is -2.40. The topological polar surface area (TPSA) is 70.4 Å². The molecular formula is C19H28N4OS. The molecule has 3 rings (SSSR count). The van der Waals surface area contributed by atoms with Crippen molar-refractivity contribution < 1.29 is 4.79 Å². The number of rotatable bonds is 8. The van der Waals surface area contributed by atoms with E-state index in [1.54, 1.807) is 11.8 Å². The number of benzene rings is 1. The standard InChI is InChI=1S/C19H28N4OS/c1-3-16-18(17(4-2)23(22-16)12-11-20)25-15-9-5-13(6-10-15)19(24)21-14-7-8-14/h5-6,9-10,14,16,22H,3-4,7-8,11-12,20H2,1-2H3,(H,21,24). The van der Waals surface area contributed by atoms with Crippen LogP contribution >= 0.6 is 11.8 Å². The van der Waals surface area contributed by atoms with Crippen LogP contribution in [-0.2, 0) is 0 Å². The maximum absolute atomic E-state index is 12.1. The van der Waals surface area contributed by atoms with E-state index in [0.29, 0.717) is 18.6 Å². The molecule has 1 saturated carbocycles. The maximum Gasteiger partial charge on any atom is 0.251 e. The third-order valence-corrected chi connectivity index (χ3v) is 5.84. The molecule has 1 amide bonds. The number of hydrogen-bond donors (Lipinski definition) is 3. The molecule has 0 saturated heterocycles. The molecule has 1 aliphatic carbocycles. The highest BCUT2D eigenvalue weighted by Gasteiger charge is 2.29. The third-order valence-electron chi connectivity index (χ3n) is 4.59. The fourth-order valence-electron chi connectivity index (χ4n) is 3.06. The summed E-state index contributed by atoms with van der Waals surface area (Å²) >= 11 is 1.80. The Bertz CT molecular complexity index is 639. The van der Waals surface area contributed by atoms with Crippen LogP contribution in [0.5, 0.6) is 0 Å². The molecule has 1 atom stereocenters. The molecule has 25 heavy (non-hydrogen) atoms. The molecule has 136 valence electrons. The van der Waals surface area contributed by atoms with Crippen LogP contribution in [0.1, 0.15) is 49.9 Å². The number of allylic oxidation sites excluding steroid dienone is 1. The van der Waals surface area contributed by atoms with Crippen molar-refractivity contribution >= 4 is 17.7 Å². The van der Waals surface area contributed by atoms with E-state index in [4.69, 9.17) is 5.73 Å².